The predicted molar refractivity (Wildman–Crippen MR) is 150 cm³/mol. The molecule has 1 aliphatic carbocycles. The van der Waals surface area contributed by atoms with Gasteiger partial charge < -0.3 is 9.84 Å². The molecule has 1 fully saturated rings. The first-order chi connectivity index (χ1) is 18.3. The Labute approximate surface area is 226 Å². The molecule has 7 nitrogen and oxygen atoms in total. The number of ether oxygens (including phenoxy) is 1. The summed E-state index contributed by atoms with van der Waals surface area (Å²) in [7, 11) is -2.70. The molecule has 5 rings (SSSR count). The topological polar surface area (TPSA) is 106 Å². The van der Waals surface area contributed by atoms with Crippen LogP contribution in [0.15, 0.2) is 77.8 Å². The number of aromatic nitrogens is 1. The number of thiazole rings is 1. The first kappa shape index (κ1) is 25.9. The van der Waals surface area contributed by atoms with Crippen molar-refractivity contribution >= 4 is 33.0 Å². The van der Waals surface area contributed by atoms with E-state index in [0.29, 0.717) is 11.6 Å². The lowest BCUT2D eigenvalue weighted by molar-refractivity contribution is 0.0696. The van der Waals surface area contributed by atoms with Crippen LogP contribution in [0.4, 0.5) is 5.69 Å². The van der Waals surface area contributed by atoms with Crippen LogP contribution in [0, 0.1) is 0 Å². The van der Waals surface area contributed by atoms with Gasteiger partial charge in [-0.3, -0.25) is 4.72 Å². The molecular formula is C29H28N2O5S2. The number of carbonyl (C=O) groups is 1. The predicted octanol–water partition coefficient (Wildman–Crippen LogP) is 7.03. The van der Waals surface area contributed by atoms with Gasteiger partial charge in [-0.1, -0.05) is 55.7 Å². The smallest absolute Gasteiger partial charge is 0.335 e. The minimum atomic E-state index is -4.00. The monoisotopic (exact) mass is 548 g/mol. The number of carboxylic acid groups (broad SMARTS) is 1. The van der Waals surface area contributed by atoms with Crippen LogP contribution >= 0.6 is 11.3 Å². The van der Waals surface area contributed by atoms with Crippen molar-refractivity contribution in [2.24, 2.45) is 0 Å². The van der Waals surface area contributed by atoms with Crippen LogP contribution in [0.1, 0.15) is 53.9 Å². The number of nitrogens with one attached hydrogen (secondary N) is 1. The summed E-state index contributed by atoms with van der Waals surface area (Å²) in [5, 5.41) is 10.1. The summed E-state index contributed by atoms with van der Waals surface area (Å²) < 4.78 is 33.6. The molecule has 9 heteroatoms. The fourth-order valence-electron chi connectivity index (χ4n) is 4.81. The number of nitrogens with zero attached hydrogens (tertiary/aromatic N) is 1. The number of hydrogen-bond donors (Lipinski definition) is 2. The second kappa shape index (κ2) is 11.0. The number of benzene rings is 3. The maximum Gasteiger partial charge on any atom is 0.335 e. The molecule has 0 radical (unpaired) electrons. The first-order valence-corrected chi connectivity index (χ1v) is 14.7. The van der Waals surface area contributed by atoms with Crippen LogP contribution < -0.4 is 9.46 Å². The standard InChI is InChI=1S/C29H28N2O5S2/c1-36-25-17-23(29(32)33)13-16-27(25)38(34,35)31-24-14-11-21(12-15-24)26-18-30-28(37-26)22-9-7-20(8-10-22)19-5-3-2-4-6-19/h7-19,31H,2-6H2,1H3,(H,32,33). The second-order valence-electron chi connectivity index (χ2n) is 9.34. The number of methoxy groups -OCH3 is 1. The Morgan fingerprint density at radius 1 is 0.974 bits per heavy atom. The van der Waals surface area contributed by atoms with Crippen LogP contribution in [0.25, 0.3) is 21.0 Å². The number of sulfonamides is 1. The molecular weight excluding hydrogens is 520 g/mol. The molecule has 38 heavy (non-hydrogen) atoms. The molecule has 1 heterocycles. The lowest BCUT2D eigenvalue weighted by Gasteiger charge is -2.21. The lowest BCUT2D eigenvalue weighted by Crippen LogP contribution is -2.14. The van der Waals surface area contributed by atoms with Gasteiger partial charge in [0.15, 0.2) is 0 Å². The molecule has 1 aliphatic rings. The van der Waals surface area contributed by atoms with E-state index in [2.05, 4.69) is 34.0 Å². The molecule has 0 amide bonds. The summed E-state index contributed by atoms with van der Waals surface area (Å²) in [6.07, 6.45) is 8.37. The molecule has 3 aromatic carbocycles. The zero-order chi connectivity index (χ0) is 26.7. The number of hydrogen-bond acceptors (Lipinski definition) is 6. The maximum absolute atomic E-state index is 13.0. The van der Waals surface area contributed by atoms with Gasteiger partial charge in [0, 0.05) is 17.4 Å². The van der Waals surface area contributed by atoms with Crippen molar-refractivity contribution in [3.63, 3.8) is 0 Å². The zero-order valence-corrected chi connectivity index (χ0v) is 22.5. The third-order valence-electron chi connectivity index (χ3n) is 6.86. The Kier molecular flexibility index (Phi) is 7.49. The van der Waals surface area contributed by atoms with Crippen molar-refractivity contribution in [1.29, 1.82) is 0 Å². The van der Waals surface area contributed by atoms with E-state index in [1.807, 2.05) is 18.3 Å². The molecule has 1 aromatic heterocycles. The van der Waals surface area contributed by atoms with Gasteiger partial charge >= 0.3 is 5.97 Å². The molecule has 0 bridgehead atoms. The highest BCUT2D eigenvalue weighted by Gasteiger charge is 2.21. The maximum atomic E-state index is 13.0. The van der Waals surface area contributed by atoms with Crippen LogP contribution in [-0.4, -0.2) is 31.6 Å². The first-order valence-electron chi connectivity index (χ1n) is 12.4. The van der Waals surface area contributed by atoms with Gasteiger partial charge in [0.25, 0.3) is 10.0 Å². The van der Waals surface area contributed by atoms with Gasteiger partial charge in [-0.25, -0.2) is 18.2 Å². The zero-order valence-electron chi connectivity index (χ0n) is 20.9. The Morgan fingerprint density at radius 3 is 2.32 bits per heavy atom. The summed E-state index contributed by atoms with van der Waals surface area (Å²) >= 11 is 1.59. The second-order valence-corrected chi connectivity index (χ2v) is 12.0. The van der Waals surface area contributed by atoms with Crippen molar-refractivity contribution in [1.82, 2.24) is 4.98 Å². The van der Waals surface area contributed by atoms with Gasteiger partial charge in [-0.15, -0.1) is 11.3 Å². The molecule has 2 N–H and O–H groups in total. The Hall–Kier alpha value is -3.69. The van der Waals surface area contributed by atoms with E-state index < -0.39 is 16.0 Å². The summed E-state index contributed by atoms with van der Waals surface area (Å²) in [4.78, 5) is 16.7. The van der Waals surface area contributed by atoms with Gasteiger partial charge in [-0.2, -0.15) is 0 Å². The average molecular weight is 549 g/mol. The fourth-order valence-corrected chi connectivity index (χ4v) is 6.95. The molecule has 0 saturated heterocycles. The molecule has 1 saturated carbocycles. The molecule has 0 aliphatic heterocycles. The van der Waals surface area contributed by atoms with Gasteiger partial charge in [0.05, 0.1) is 17.6 Å². The lowest BCUT2D eigenvalue weighted by atomic mass is 9.84. The molecule has 0 atom stereocenters. The Bertz CT molecular complexity index is 1540. The van der Waals surface area contributed by atoms with Crippen molar-refractivity contribution in [2.75, 3.05) is 11.8 Å². The third kappa shape index (κ3) is 5.58. The van der Waals surface area contributed by atoms with Crippen LogP contribution in [0.2, 0.25) is 0 Å². The van der Waals surface area contributed by atoms with Crippen LogP contribution in [-0.2, 0) is 10.0 Å². The third-order valence-corrected chi connectivity index (χ3v) is 9.38. The number of carboxylic acids is 1. The highest BCUT2D eigenvalue weighted by molar-refractivity contribution is 7.92. The van der Waals surface area contributed by atoms with E-state index >= 15 is 0 Å². The van der Waals surface area contributed by atoms with Gasteiger partial charge in [0.2, 0.25) is 0 Å². The quantitative estimate of drug-likeness (QED) is 0.245. The van der Waals surface area contributed by atoms with E-state index in [-0.39, 0.29) is 16.2 Å². The highest BCUT2D eigenvalue weighted by Crippen LogP contribution is 2.36. The Balaban J connectivity index is 1.29. The van der Waals surface area contributed by atoms with Crippen LogP contribution in [0.3, 0.4) is 0 Å². The molecule has 4 aromatic rings. The summed E-state index contributed by atoms with van der Waals surface area (Å²) in [6.45, 7) is 0. The number of rotatable bonds is 8. The van der Waals surface area contributed by atoms with E-state index in [1.54, 1.807) is 23.5 Å². The van der Waals surface area contributed by atoms with Crippen molar-refractivity contribution < 1.29 is 23.1 Å². The minimum Gasteiger partial charge on any atom is -0.495 e. The van der Waals surface area contributed by atoms with Crippen molar-refractivity contribution in [3.05, 3.63) is 84.1 Å². The van der Waals surface area contributed by atoms with Crippen molar-refractivity contribution in [2.45, 2.75) is 42.9 Å². The van der Waals surface area contributed by atoms with E-state index in [1.165, 1.54) is 63.0 Å². The van der Waals surface area contributed by atoms with Gasteiger partial charge in [0.1, 0.15) is 15.7 Å². The van der Waals surface area contributed by atoms with Crippen molar-refractivity contribution in [3.8, 4) is 26.8 Å². The highest BCUT2D eigenvalue weighted by atomic mass is 32.2. The minimum absolute atomic E-state index is 0.0435. The van der Waals surface area contributed by atoms with Crippen LogP contribution in [0.5, 0.6) is 5.75 Å². The molecule has 196 valence electrons. The summed E-state index contributed by atoms with van der Waals surface area (Å²) in [5.74, 6) is -0.540. The SMILES string of the molecule is COc1cc(C(=O)O)ccc1S(=O)(=O)Nc1ccc(-c2cnc(-c3ccc(C4CCCCC4)cc3)s2)cc1. The number of anilines is 1. The Morgan fingerprint density at radius 2 is 1.66 bits per heavy atom. The number of aromatic carboxylic acids is 1. The van der Waals surface area contributed by atoms with E-state index in [4.69, 9.17) is 9.84 Å². The summed E-state index contributed by atoms with van der Waals surface area (Å²) in [5.41, 5.74) is 3.75. The van der Waals surface area contributed by atoms with E-state index in [9.17, 15) is 13.2 Å². The normalized spacial score (nSPS) is 14.2. The van der Waals surface area contributed by atoms with E-state index in [0.717, 1.165) is 21.0 Å². The molecule has 0 spiro atoms. The fraction of sp³-hybridized carbons (Fsp3) is 0.241. The van der Waals surface area contributed by atoms with Gasteiger partial charge in [-0.05, 0) is 60.2 Å². The average Bonchev–Trinajstić information content (AvgIpc) is 3.44. The molecule has 0 unspecified atom stereocenters. The summed E-state index contributed by atoms with van der Waals surface area (Å²) in [6, 6.07) is 19.5. The largest absolute Gasteiger partial charge is 0.495 e.